The zero-order valence-electron chi connectivity index (χ0n) is 14.9. The Bertz CT molecular complexity index is 738. The molecule has 1 atom stereocenters. The van der Waals surface area contributed by atoms with Gasteiger partial charge in [-0.05, 0) is 44.2 Å². The van der Waals surface area contributed by atoms with Gasteiger partial charge in [-0.2, -0.15) is 0 Å². The Morgan fingerprint density at radius 3 is 2.89 bits per heavy atom. The first-order valence-corrected chi connectivity index (χ1v) is 9.33. The molecule has 1 N–H and O–H groups in total. The Balaban J connectivity index is 1.35. The number of carbonyl (C=O) groups is 2. The van der Waals surface area contributed by atoms with Crippen LogP contribution in [0.3, 0.4) is 0 Å². The van der Waals surface area contributed by atoms with Crippen molar-refractivity contribution in [3.63, 3.8) is 0 Å². The first-order chi connectivity index (χ1) is 12.9. The molecule has 1 aliphatic carbocycles. The molecular weight excluding hydrogens is 375 g/mol. The van der Waals surface area contributed by atoms with Crippen molar-refractivity contribution in [2.75, 3.05) is 13.2 Å². The summed E-state index contributed by atoms with van der Waals surface area (Å²) >= 11 is 5.59. The van der Waals surface area contributed by atoms with Crippen molar-refractivity contribution < 1.29 is 23.5 Å². The summed E-state index contributed by atoms with van der Waals surface area (Å²) in [4.78, 5) is 25.6. The SMILES string of the molecule is C=C(CC[C@@H]1CN(C2CCC2)C(=O)O1)NC(=O)COc1ccc(Cl)c(F)c1. The van der Waals surface area contributed by atoms with Gasteiger partial charge in [0.2, 0.25) is 0 Å². The van der Waals surface area contributed by atoms with E-state index in [1.807, 2.05) is 0 Å². The van der Waals surface area contributed by atoms with Crippen LogP contribution in [0.1, 0.15) is 32.1 Å². The molecule has 1 aromatic rings. The third kappa shape index (κ3) is 5.13. The van der Waals surface area contributed by atoms with E-state index in [2.05, 4.69) is 11.9 Å². The van der Waals surface area contributed by atoms with Gasteiger partial charge in [0.15, 0.2) is 6.61 Å². The van der Waals surface area contributed by atoms with Crippen LogP contribution in [-0.4, -0.2) is 42.2 Å². The summed E-state index contributed by atoms with van der Waals surface area (Å²) in [6.07, 6.45) is 3.91. The summed E-state index contributed by atoms with van der Waals surface area (Å²) in [5, 5.41) is 2.62. The van der Waals surface area contributed by atoms with Crippen molar-refractivity contribution in [1.82, 2.24) is 10.2 Å². The van der Waals surface area contributed by atoms with Gasteiger partial charge >= 0.3 is 6.09 Å². The number of amides is 2. The van der Waals surface area contributed by atoms with E-state index in [0.29, 0.717) is 31.1 Å². The van der Waals surface area contributed by atoms with Gasteiger partial charge in [0.25, 0.3) is 5.91 Å². The van der Waals surface area contributed by atoms with E-state index in [1.54, 1.807) is 4.90 Å². The predicted octanol–water partition coefficient (Wildman–Crippen LogP) is 3.64. The molecule has 2 amide bonds. The number of nitrogens with one attached hydrogen (secondary N) is 1. The fourth-order valence-electron chi connectivity index (χ4n) is 3.03. The highest BCUT2D eigenvalue weighted by Crippen LogP contribution is 2.29. The fourth-order valence-corrected chi connectivity index (χ4v) is 3.15. The van der Waals surface area contributed by atoms with E-state index in [-0.39, 0.29) is 29.6 Å². The summed E-state index contributed by atoms with van der Waals surface area (Å²) < 4.78 is 23.9. The van der Waals surface area contributed by atoms with E-state index in [0.717, 1.165) is 25.3 Å². The Labute approximate surface area is 162 Å². The van der Waals surface area contributed by atoms with Gasteiger partial charge < -0.3 is 19.7 Å². The Kier molecular flexibility index (Phi) is 6.21. The molecule has 146 valence electrons. The third-order valence-corrected chi connectivity index (χ3v) is 5.07. The number of cyclic esters (lactones) is 1. The van der Waals surface area contributed by atoms with Crippen LogP contribution in [0.25, 0.3) is 0 Å². The highest BCUT2D eigenvalue weighted by atomic mass is 35.5. The lowest BCUT2D eigenvalue weighted by atomic mass is 9.91. The smallest absolute Gasteiger partial charge is 0.410 e. The lowest BCUT2D eigenvalue weighted by Crippen LogP contribution is -2.41. The summed E-state index contributed by atoms with van der Waals surface area (Å²) in [5.41, 5.74) is 0.518. The molecule has 0 radical (unpaired) electrons. The average molecular weight is 397 g/mol. The van der Waals surface area contributed by atoms with Gasteiger partial charge in [0.05, 0.1) is 11.6 Å². The highest BCUT2D eigenvalue weighted by Gasteiger charge is 2.38. The topological polar surface area (TPSA) is 67.9 Å². The van der Waals surface area contributed by atoms with E-state index in [1.165, 1.54) is 12.1 Å². The zero-order chi connectivity index (χ0) is 19.4. The molecule has 0 unspecified atom stereocenters. The molecule has 0 spiro atoms. The largest absolute Gasteiger partial charge is 0.484 e. The lowest BCUT2D eigenvalue weighted by molar-refractivity contribution is -0.122. The predicted molar refractivity (Wildman–Crippen MR) is 98.0 cm³/mol. The maximum Gasteiger partial charge on any atom is 0.410 e. The monoisotopic (exact) mass is 396 g/mol. The maximum absolute atomic E-state index is 13.3. The summed E-state index contributed by atoms with van der Waals surface area (Å²) in [7, 11) is 0. The Morgan fingerprint density at radius 1 is 1.44 bits per heavy atom. The standard InChI is InChI=1S/C19H22ClFN2O4/c1-12(5-6-15-10-23(19(25)27-15)13-3-2-4-13)22-18(24)11-26-14-7-8-16(20)17(21)9-14/h7-9,13,15H,1-6,10-11H2,(H,22,24)/t15-/m1/s1. The van der Waals surface area contributed by atoms with Gasteiger partial charge in [0.1, 0.15) is 17.7 Å². The van der Waals surface area contributed by atoms with Gasteiger partial charge in [-0.3, -0.25) is 4.79 Å². The first kappa shape index (κ1) is 19.5. The van der Waals surface area contributed by atoms with Crippen LogP contribution in [0.5, 0.6) is 5.75 Å². The van der Waals surface area contributed by atoms with Crippen LogP contribution < -0.4 is 10.1 Å². The molecule has 1 aromatic carbocycles. The molecule has 1 aliphatic heterocycles. The Morgan fingerprint density at radius 2 is 2.22 bits per heavy atom. The van der Waals surface area contributed by atoms with Crippen molar-refractivity contribution in [3.8, 4) is 5.75 Å². The molecule has 1 heterocycles. The zero-order valence-corrected chi connectivity index (χ0v) is 15.6. The normalized spacial score (nSPS) is 19.4. The number of benzene rings is 1. The van der Waals surface area contributed by atoms with Crippen LogP contribution in [-0.2, 0) is 9.53 Å². The summed E-state index contributed by atoms with van der Waals surface area (Å²) in [6.45, 7) is 4.14. The van der Waals surface area contributed by atoms with E-state index in [4.69, 9.17) is 21.1 Å². The van der Waals surface area contributed by atoms with Gasteiger partial charge in [-0.25, -0.2) is 9.18 Å². The molecule has 8 heteroatoms. The number of ether oxygens (including phenoxy) is 2. The van der Waals surface area contributed by atoms with Crippen LogP contribution in [0.2, 0.25) is 5.02 Å². The molecule has 1 saturated heterocycles. The van der Waals surface area contributed by atoms with Gasteiger partial charge in [-0.1, -0.05) is 18.2 Å². The lowest BCUT2D eigenvalue weighted by Gasteiger charge is -2.32. The molecule has 2 aliphatic rings. The van der Waals surface area contributed by atoms with Gasteiger partial charge in [-0.15, -0.1) is 0 Å². The minimum atomic E-state index is -0.610. The van der Waals surface area contributed by atoms with Crippen LogP contribution in [0.4, 0.5) is 9.18 Å². The van der Waals surface area contributed by atoms with Crippen molar-refractivity contribution >= 4 is 23.6 Å². The molecule has 3 rings (SSSR count). The maximum atomic E-state index is 13.3. The van der Waals surface area contributed by atoms with Crippen LogP contribution >= 0.6 is 11.6 Å². The van der Waals surface area contributed by atoms with Crippen molar-refractivity contribution in [1.29, 1.82) is 0 Å². The second-order valence-corrected chi connectivity index (χ2v) is 7.21. The summed E-state index contributed by atoms with van der Waals surface area (Å²) in [6, 6.07) is 4.28. The Hall–Kier alpha value is -2.28. The third-order valence-electron chi connectivity index (χ3n) is 4.76. The second kappa shape index (κ2) is 8.61. The van der Waals surface area contributed by atoms with Crippen molar-refractivity contribution in [3.05, 3.63) is 41.3 Å². The first-order valence-electron chi connectivity index (χ1n) is 8.95. The molecule has 2 fully saturated rings. The highest BCUT2D eigenvalue weighted by molar-refractivity contribution is 6.30. The minimum Gasteiger partial charge on any atom is -0.484 e. The van der Waals surface area contributed by atoms with Crippen molar-refractivity contribution in [2.45, 2.75) is 44.2 Å². The van der Waals surface area contributed by atoms with E-state index >= 15 is 0 Å². The van der Waals surface area contributed by atoms with Crippen LogP contribution in [0.15, 0.2) is 30.5 Å². The van der Waals surface area contributed by atoms with Crippen molar-refractivity contribution in [2.24, 2.45) is 0 Å². The minimum absolute atomic E-state index is 0.0105. The molecule has 27 heavy (non-hydrogen) atoms. The fraction of sp³-hybridized carbons (Fsp3) is 0.474. The number of halogens is 2. The molecular formula is C19H22ClFN2O4. The second-order valence-electron chi connectivity index (χ2n) is 6.80. The number of hydrogen-bond donors (Lipinski definition) is 1. The molecule has 0 bridgehead atoms. The average Bonchev–Trinajstić information content (AvgIpc) is 2.93. The number of hydrogen-bond acceptors (Lipinski definition) is 4. The van der Waals surface area contributed by atoms with E-state index in [9.17, 15) is 14.0 Å². The quantitative estimate of drug-likeness (QED) is 0.728. The molecule has 6 nitrogen and oxygen atoms in total. The van der Waals surface area contributed by atoms with E-state index < -0.39 is 11.7 Å². The number of allylic oxidation sites excluding steroid dienone is 1. The number of nitrogens with zero attached hydrogens (tertiary/aromatic N) is 1. The number of rotatable bonds is 8. The molecule has 0 aromatic heterocycles. The van der Waals surface area contributed by atoms with Crippen LogP contribution in [0, 0.1) is 5.82 Å². The summed E-state index contributed by atoms with van der Waals surface area (Å²) in [5.74, 6) is -0.789. The number of carbonyl (C=O) groups excluding carboxylic acids is 2. The molecule has 1 saturated carbocycles. The van der Waals surface area contributed by atoms with Gasteiger partial charge in [0, 0.05) is 17.8 Å².